The van der Waals surface area contributed by atoms with Crippen molar-refractivity contribution in [1.82, 2.24) is 4.90 Å². The average molecular weight is 276 g/mol. The van der Waals surface area contributed by atoms with E-state index in [2.05, 4.69) is 10.2 Å². The molecular weight excluding hydrogens is 256 g/mol. The Hall–Kier alpha value is -1.75. The van der Waals surface area contributed by atoms with E-state index in [1.807, 2.05) is 18.2 Å². The van der Waals surface area contributed by atoms with Crippen molar-refractivity contribution in [2.24, 2.45) is 0 Å². The van der Waals surface area contributed by atoms with Gasteiger partial charge in [0.15, 0.2) is 11.5 Å². The molecular formula is C15H20N2O3. The molecule has 20 heavy (non-hydrogen) atoms. The molecule has 2 aliphatic heterocycles. The number of piperidine rings is 1. The Bertz CT molecular complexity index is 484. The fourth-order valence-electron chi connectivity index (χ4n) is 2.64. The van der Waals surface area contributed by atoms with Gasteiger partial charge in [-0.2, -0.15) is 0 Å². The Labute approximate surface area is 118 Å². The summed E-state index contributed by atoms with van der Waals surface area (Å²) in [7, 11) is 0. The van der Waals surface area contributed by atoms with E-state index in [1.165, 1.54) is 19.3 Å². The average Bonchev–Trinajstić information content (AvgIpc) is 2.48. The van der Waals surface area contributed by atoms with E-state index in [9.17, 15) is 4.79 Å². The number of rotatable bonds is 3. The molecule has 1 fully saturated rings. The molecule has 0 spiro atoms. The van der Waals surface area contributed by atoms with Gasteiger partial charge < -0.3 is 14.8 Å². The first kappa shape index (κ1) is 13.2. The molecule has 0 aromatic heterocycles. The van der Waals surface area contributed by atoms with E-state index < -0.39 is 0 Å². The lowest BCUT2D eigenvalue weighted by Gasteiger charge is -2.25. The predicted molar refractivity (Wildman–Crippen MR) is 76.4 cm³/mol. The molecule has 1 N–H and O–H groups in total. The molecule has 108 valence electrons. The van der Waals surface area contributed by atoms with Gasteiger partial charge in [-0.05, 0) is 38.1 Å². The van der Waals surface area contributed by atoms with E-state index in [0.717, 1.165) is 24.5 Å². The fraction of sp³-hybridized carbons (Fsp3) is 0.533. The molecule has 1 amide bonds. The highest BCUT2D eigenvalue weighted by molar-refractivity contribution is 5.92. The van der Waals surface area contributed by atoms with Crippen LogP contribution in [0.1, 0.15) is 19.3 Å². The quantitative estimate of drug-likeness (QED) is 0.916. The zero-order valence-corrected chi connectivity index (χ0v) is 11.6. The van der Waals surface area contributed by atoms with Crippen LogP contribution in [-0.4, -0.2) is 43.7 Å². The number of nitrogens with one attached hydrogen (secondary N) is 1. The number of amides is 1. The molecule has 2 heterocycles. The van der Waals surface area contributed by atoms with Gasteiger partial charge in [-0.1, -0.05) is 6.42 Å². The van der Waals surface area contributed by atoms with Gasteiger partial charge >= 0.3 is 0 Å². The number of anilines is 1. The molecule has 1 saturated heterocycles. The van der Waals surface area contributed by atoms with Crippen molar-refractivity contribution < 1.29 is 14.3 Å². The summed E-state index contributed by atoms with van der Waals surface area (Å²) in [5, 5.41) is 2.92. The summed E-state index contributed by atoms with van der Waals surface area (Å²) in [6, 6.07) is 5.51. The second kappa shape index (κ2) is 6.13. The van der Waals surface area contributed by atoms with Crippen molar-refractivity contribution in [2.75, 3.05) is 38.2 Å². The lowest BCUT2D eigenvalue weighted by atomic mass is 10.1. The van der Waals surface area contributed by atoms with Gasteiger partial charge in [0.25, 0.3) is 0 Å². The molecule has 1 aromatic carbocycles. The number of hydrogen-bond acceptors (Lipinski definition) is 4. The van der Waals surface area contributed by atoms with Gasteiger partial charge in [0.05, 0.1) is 6.54 Å². The normalized spacial score (nSPS) is 18.6. The van der Waals surface area contributed by atoms with Gasteiger partial charge in [0.1, 0.15) is 13.2 Å². The first-order valence-corrected chi connectivity index (χ1v) is 7.23. The predicted octanol–water partition coefficient (Wildman–Crippen LogP) is 1.88. The molecule has 2 aliphatic rings. The third kappa shape index (κ3) is 3.22. The Morgan fingerprint density at radius 2 is 1.85 bits per heavy atom. The standard InChI is InChI=1S/C15H20N2O3/c18-15(11-17-6-2-1-3-7-17)16-12-4-5-13-14(10-12)20-9-8-19-13/h4-5,10H,1-3,6-9,11H2,(H,16,18). The first-order valence-electron chi connectivity index (χ1n) is 7.23. The second-order valence-corrected chi connectivity index (χ2v) is 5.24. The smallest absolute Gasteiger partial charge is 0.238 e. The highest BCUT2D eigenvalue weighted by Crippen LogP contribution is 2.32. The lowest BCUT2D eigenvalue weighted by molar-refractivity contribution is -0.117. The monoisotopic (exact) mass is 276 g/mol. The summed E-state index contributed by atoms with van der Waals surface area (Å²) in [5.41, 5.74) is 0.760. The van der Waals surface area contributed by atoms with Crippen LogP contribution in [0.15, 0.2) is 18.2 Å². The van der Waals surface area contributed by atoms with Crippen LogP contribution < -0.4 is 14.8 Å². The number of carbonyl (C=O) groups is 1. The van der Waals surface area contributed by atoms with Crippen LogP contribution in [0.5, 0.6) is 11.5 Å². The molecule has 0 saturated carbocycles. The van der Waals surface area contributed by atoms with E-state index in [0.29, 0.717) is 25.5 Å². The summed E-state index contributed by atoms with van der Waals surface area (Å²) in [6.07, 6.45) is 3.66. The van der Waals surface area contributed by atoms with Gasteiger partial charge in [-0.3, -0.25) is 9.69 Å². The molecule has 0 atom stereocenters. The summed E-state index contributed by atoms with van der Waals surface area (Å²) in [5.74, 6) is 1.47. The second-order valence-electron chi connectivity index (χ2n) is 5.24. The van der Waals surface area contributed by atoms with Crippen molar-refractivity contribution in [3.63, 3.8) is 0 Å². The van der Waals surface area contributed by atoms with Crippen molar-refractivity contribution in [1.29, 1.82) is 0 Å². The lowest BCUT2D eigenvalue weighted by Crippen LogP contribution is -2.36. The molecule has 3 rings (SSSR count). The minimum atomic E-state index is 0.0311. The maximum atomic E-state index is 12.0. The Morgan fingerprint density at radius 3 is 2.65 bits per heavy atom. The van der Waals surface area contributed by atoms with Crippen molar-refractivity contribution in [2.45, 2.75) is 19.3 Å². The SMILES string of the molecule is O=C(CN1CCCCC1)Nc1ccc2c(c1)OCCO2. The van der Waals surface area contributed by atoms with Gasteiger partial charge in [-0.25, -0.2) is 0 Å². The molecule has 0 unspecified atom stereocenters. The Balaban J connectivity index is 1.58. The Morgan fingerprint density at radius 1 is 1.10 bits per heavy atom. The minimum Gasteiger partial charge on any atom is -0.486 e. The maximum absolute atomic E-state index is 12.0. The molecule has 0 aliphatic carbocycles. The molecule has 0 bridgehead atoms. The van der Waals surface area contributed by atoms with E-state index in [-0.39, 0.29) is 5.91 Å². The van der Waals surface area contributed by atoms with Crippen molar-refractivity contribution >= 4 is 11.6 Å². The molecule has 5 nitrogen and oxygen atoms in total. The van der Waals surface area contributed by atoms with Gasteiger partial charge in [0, 0.05) is 11.8 Å². The van der Waals surface area contributed by atoms with Crippen LogP contribution in [-0.2, 0) is 4.79 Å². The van der Waals surface area contributed by atoms with Gasteiger partial charge in [-0.15, -0.1) is 0 Å². The first-order chi connectivity index (χ1) is 9.81. The molecule has 1 aromatic rings. The Kier molecular flexibility index (Phi) is 4.06. The maximum Gasteiger partial charge on any atom is 0.238 e. The summed E-state index contributed by atoms with van der Waals surface area (Å²) in [6.45, 7) is 3.64. The minimum absolute atomic E-state index is 0.0311. The highest BCUT2D eigenvalue weighted by Gasteiger charge is 2.15. The number of hydrogen-bond donors (Lipinski definition) is 1. The van der Waals surface area contributed by atoms with Crippen LogP contribution in [0.25, 0.3) is 0 Å². The van der Waals surface area contributed by atoms with Crippen LogP contribution in [0.4, 0.5) is 5.69 Å². The van der Waals surface area contributed by atoms with Crippen molar-refractivity contribution in [3.8, 4) is 11.5 Å². The fourth-order valence-corrected chi connectivity index (χ4v) is 2.64. The number of fused-ring (bicyclic) bond motifs is 1. The van der Waals surface area contributed by atoms with Crippen LogP contribution in [0.3, 0.4) is 0 Å². The summed E-state index contributed by atoms with van der Waals surface area (Å²) >= 11 is 0. The number of nitrogens with zero attached hydrogens (tertiary/aromatic N) is 1. The van der Waals surface area contributed by atoms with Gasteiger partial charge in [0.2, 0.25) is 5.91 Å². The van der Waals surface area contributed by atoms with E-state index in [1.54, 1.807) is 0 Å². The summed E-state index contributed by atoms with van der Waals surface area (Å²) in [4.78, 5) is 14.2. The zero-order chi connectivity index (χ0) is 13.8. The number of ether oxygens (including phenoxy) is 2. The largest absolute Gasteiger partial charge is 0.486 e. The van der Waals surface area contributed by atoms with Crippen LogP contribution in [0.2, 0.25) is 0 Å². The topological polar surface area (TPSA) is 50.8 Å². The number of benzene rings is 1. The summed E-state index contributed by atoms with van der Waals surface area (Å²) < 4.78 is 11.0. The number of carbonyl (C=O) groups excluding carboxylic acids is 1. The molecule has 5 heteroatoms. The van der Waals surface area contributed by atoms with E-state index in [4.69, 9.17) is 9.47 Å². The van der Waals surface area contributed by atoms with E-state index >= 15 is 0 Å². The molecule has 0 radical (unpaired) electrons. The zero-order valence-electron chi connectivity index (χ0n) is 11.6. The third-order valence-corrected chi connectivity index (χ3v) is 3.64. The third-order valence-electron chi connectivity index (χ3n) is 3.64. The number of likely N-dealkylation sites (tertiary alicyclic amines) is 1. The van der Waals surface area contributed by atoms with Crippen LogP contribution in [0, 0.1) is 0 Å². The van der Waals surface area contributed by atoms with Crippen molar-refractivity contribution in [3.05, 3.63) is 18.2 Å². The van der Waals surface area contributed by atoms with Crippen LogP contribution >= 0.6 is 0 Å². The highest BCUT2D eigenvalue weighted by atomic mass is 16.6.